The monoisotopic (exact) mass is 2620 g/mol. The van der Waals surface area contributed by atoms with Crippen LogP contribution in [0.4, 0.5) is 0 Å². The first kappa shape index (κ1) is 100. The third kappa shape index (κ3) is 15.9. The number of rotatable bonds is 25. The van der Waals surface area contributed by atoms with Crippen LogP contribution in [0.3, 0.4) is 0 Å². The van der Waals surface area contributed by atoms with Crippen LogP contribution in [0, 0.1) is 0 Å². The molecule has 0 aliphatic carbocycles. The third-order valence-electron chi connectivity index (χ3n) is 6.17. The Morgan fingerprint density at radius 2 is 0.241 bits per heavy atom. The van der Waals surface area contributed by atoms with Gasteiger partial charge >= 0.3 is 0 Å². The Morgan fingerprint density at radius 3 is 0.316 bits per heavy atom. The van der Waals surface area contributed by atoms with Crippen molar-refractivity contribution >= 4 is 739 Å². The molecule has 0 heterocycles. The van der Waals surface area contributed by atoms with E-state index in [9.17, 15) is 0 Å². The Kier molecular flexibility index (Phi) is 40.2. The second-order valence-corrected chi connectivity index (χ2v) is 287. The summed E-state index contributed by atoms with van der Waals surface area (Å²) in [5, 5.41) is -91.6. The molecular formula is HIS78. The van der Waals surface area contributed by atoms with Crippen molar-refractivity contribution in [2.45, 2.75) is 0 Å². The molecule has 1 atom stereocenters. The first-order valence-electron chi connectivity index (χ1n) is 13.0. The average molecular weight is 2630 g/mol. The molecule has 1 unspecified atom stereocenters. The van der Waals surface area contributed by atoms with Gasteiger partial charge in [0.25, 0.3) is 0 Å². The van der Waals surface area contributed by atoms with Gasteiger partial charge in [-0.1, -0.05) is 11.7 Å². The second-order valence-electron chi connectivity index (χ2n) is 10.4. The smallest absolute Gasteiger partial charge is 0.0451 e. The molecule has 0 rings (SSSR count). The van der Waals surface area contributed by atoms with Crippen LogP contribution in [0.5, 0.6) is 0 Å². The maximum absolute atomic E-state index is 6.17. The predicted octanol–water partition coefficient (Wildman–Crippen LogP) is 1.08. The van der Waals surface area contributed by atoms with Gasteiger partial charge in [-0.2, -0.15) is 0 Å². The van der Waals surface area contributed by atoms with Crippen molar-refractivity contribution in [3.05, 3.63) is 0 Å². The quantitative estimate of drug-likeness (QED) is 0.0601. The highest BCUT2D eigenvalue weighted by atomic mass is 127. The first-order chi connectivity index (χ1) is 32.9. The molecule has 0 nitrogen and oxygen atoms in total. The summed E-state index contributed by atoms with van der Waals surface area (Å²) in [6.45, 7) is 0. The molecular weight excluding hydrogens is 2630 g/mol. The summed E-state index contributed by atoms with van der Waals surface area (Å²) >= 11 is 312. The Labute approximate surface area is 716 Å². The normalized spacial score (nSPS) is 17.2. The highest BCUT2D eigenvalue weighted by Crippen LogP contribution is 2.45. The van der Waals surface area contributed by atoms with E-state index in [4.69, 9.17) is 571 Å². The van der Waals surface area contributed by atoms with Crippen molar-refractivity contribution in [3.63, 3.8) is 0 Å². The number of halogens is 1. The van der Waals surface area contributed by atoms with Gasteiger partial charge in [0, 0.05) is 157 Å². The lowest BCUT2D eigenvalue weighted by atomic mass is 29.7. The molecule has 0 saturated heterocycles. The number of hydrogen-bond acceptors (Lipinski definition) is 51. The lowest BCUT2D eigenvalue weighted by molar-refractivity contribution is 4.96. The summed E-state index contributed by atoms with van der Waals surface area (Å²) < 4.78 is -2.73. The van der Waals surface area contributed by atoms with Crippen molar-refractivity contribution in [2.24, 2.45) is 0 Å². The maximum atomic E-state index is 6.17. The van der Waals surface area contributed by atoms with Crippen molar-refractivity contribution in [1.82, 2.24) is 0 Å². The molecule has 0 aromatic carbocycles. The molecule has 0 aliphatic rings. The van der Waals surface area contributed by atoms with E-state index in [1.54, 1.807) is 21.2 Å². The largest absolute Gasteiger partial charge is 0.0948 e. The van der Waals surface area contributed by atoms with Crippen LogP contribution in [-0.2, 0) is 707 Å². The van der Waals surface area contributed by atoms with Gasteiger partial charge in [0.05, 0.1) is 0 Å². The Balaban J connectivity index is 8.70. The van der Waals surface area contributed by atoms with Crippen LogP contribution in [0.2, 0.25) is 0 Å². The Morgan fingerprint density at radius 1 is 0.165 bits per heavy atom. The summed E-state index contributed by atoms with van der Waals surface area (Å²) in [5.41, 5.74) is 0. The number of thiol groups is 1. The summed E-state index contributed by atoms with van der Waals surface area (Å²) in [4.78, 5) is 0. The van der Waals surface area contributed by atoms with Gasteiger partial charge in [0.1, 0.15) is 0 Å². The van der Waals surface area contributed by atoms with E-state index in [1.807, 2.05) is 0 Å². The fourth-order valence-electron chi connectivity index (χ4n) is 2.42. The third-order valence-corrected chi connectivity index (χ3v) is 507. The summed E-state index contributed by atoms with van der Waals surface area (Å²) in [6, 6.07) is 0. The Bertz CT molecular complexity index is 5890. The van der Waals surface area contributed by atoms with Crippen LogP contribution in [0.1, 0.15) is 0 Å². The molecule has 0 aromatic heterocycles. The lowest BCUT2D eigenvalue weighted by Gasteiger charge is -2.37. The fourth-order valence-corrected chi connectivity index (χ4v) is 597. The molecule has 0 aliphatic heterocycles. The molecule has 0 amide bonds. The standard InChI is InChI=1S/HIS78/c1-55(4,5)57(8,9)59(12,13)61(16,17)63(20,21)65(24,25)67(28,29)69(32,33)71(36,37)73(40,41)75(44,45)77(48,49)79(52,53)78(50,51)76(46,47)74(42,43)72(38,39)70(34,35)68(30,31)66(26,27)64(22,23)62(18,19)60(14,15)58(10,11)56(6,7)54(2)3/h(H,2,3). The minimum atomic E-state index is -4.07. The molecule has 0 spiro atoms. The van der Waals surface area contributed by atoms with Crippen molar-refractivity contribution < 1.29 is 0 Å². The summed E-state index contributed by atoms with van der Waals surface area (Å²) in [7, 11) is -1.46. The van der Waals surface area contributed by atoms with Crippen LogP contribution < -0.4 is 0 Å². The van der Waals surface area contributed by atoms with Gasteiger partial charge in [0.2, 0.25) is 0 Å². The highest BCUT2D eigenvalue weighted by molar-refractivity contribution is 14.2. The van der Waals surface area contributed by atoms with Crippen LogP contribution in [-0.4, -0.2) is 0 Å². The molecule has 0 saturated carbocycles. The summed E-state index contributed by atoms with van der Waals surface area (Å²) in [6.07, 6.45) is 0. The minimum Gasteiger partial charge on any atom is -0.0948 e. The van der Waals surface area contributed by atoms with Crippen molar-refractivity contribution in [2.75, 3.05) is 0 Å². The zero-order chi connectivity index (χ0) is 66.1. The van der Waals surface area contributed by atoms with Gasteiger partial charge in [-0.25, -0.2) is 0 Å². The van der Waals surface area contributed by atoms with Crippen LogP contribution in [0.25, 0.3) is 0 Å². The van der Waals surface area contributed by atoms with E-state index in [0.717, 1.165) is 0 Å². The van der Waals surface area contributed by atoms with E-state index in [0.29, 0.717) is 0 Å². The van der Waals surface area contributed by atoms with E-state index in [-0.39, 0.29) is 0 Å². The molecule has 0 fully saturated rings. The molecule has 0 N–H and O–H groups in total. The van der Waals surface area contributed by atoms with E-state index >= 15 is 0 Å². The zero-order valence-corrected chi connectivity index (χ0v) is 98.2. The molecule has 0 bridgehead atoms. The van der Waals surface area contributed by atoms with Crippen LogP contribution >= 0.6 is 32.9 Å². The molecule has 79 heavy (non-hydrogen) atoms. The van der Waals surface area contributed by atoms with Gasteiger partial charge in [-0.05, 0) is 571 Å². The fraction of sp³-hybridized carbons (Fsp3) is 0. The van der Waals surface area contributed by atoms with Crippen molar-refractivity contribution in [1.29, 1.82) is 0 Å². The van der Waals surface area contributed by atoms with Gasteiger partial charge in [-0.3, -0.25) is 0 Å². The van der Waals surface area contributed by atoms with Crippen LogP contribution in [0.15, 0.2) is 0 Å². The van der Waals surface area contributed by atoms with Gasteiger partial charge < -0.3 is 0 Å². The zero-order valence-electron chi connectivity index (χ0n) is 32.3. The molecule has 79 heteroatoms. The predicted molar refractivity (Wildman–Crippen MR) is 590 cm³/mol. The second kappa shape index (κ2) is 31.6. The Hall–Kier alpha value is 21.4. The van der Waals surface area contributed by atoms with E-state index in [1.165, 1.54) is 0 Å². The van der Waals surface area contributed by atoms with Gasteiger partial charge in [0.15, 0.2) is 0 Å². The summed E-state index contributed by atoms with van der Waals surface area (Å²) in [5.74, 6) is 0. The average Bonchev–Trinajstić information content (AvgIpc) is 3.21. The van der Waals surface area contributed by atoms with Gasteiger partial charge in [-0.15, -0.1) is 0 Å². The highest BCUT2D eigenvalue weighted by Gasteiger charge is 2.49. The minimum absolute atomic E-state index is 1.46. The van der Waals surface area contributed by atoms with E-state index < -0.39 is 136 Å². The molecule has 0 radical (unpaired) electrons. The topological polar surface area (TPSA) is 0 Å². The molecule has 476 valence electrons. The van der Waals surface area contributed by atoms with Crippen molar-refractivity contribution in [3.8, 4) is 0 Å². The first-order valence-corrected chi connectivity index (χ1v) is 119. The molecule has 0 aromatic rings. The van der Waals surface area contributed by atoms with E-state index in [2.05, 4.69) is 11.7 Å². The maximum Gasteiger partial charge on any atom is 0.0451 e. The number of hydrogen-bond donors (Lipinski definition) is 1. The SMILES string of the molecule is S=S(S)S(=S)(=S)S(=S)(=S)S(=S)(=S)S(=S)(=S)S(=S)(=S)S(=S)(=S)S(=S)(=S)S(=S)(=S)S(=S)(=S)S(=S)(=S)S(=S)(=S)S(=S)(=S)S(=S)(=S)S(=S)(=S)S(=S)(=S)S(=S)(=S)S(=S)(=S)S(=S)(=S)S(=S)(=S)S(=S)(=S)S(=S)(=S)S(=S)(=S)S(=S)(=S)S(=S)(=S)S(=S)(=S)I. The lowest BCUT2D eigenvalue weighted by Crippen LogP contribution is -2.40.